The molecule has 124 valence electrons. The number of halogens is 1. The highest BCUT2D eigenvalue weighted by molar-refractivity contribution is 9.10. The zero-order valence-electron chi connectivity index (χ0n) is 13.1. The van der Waals surface area contributed by atoms with Crippen LogP contribution in [0.5, 0.6) is 0 Å². The lowest BCUT2D eigenvalue weighted by Crippen LogP contribution is -2.12. The molecule has 2 N–H and O–H groups in total. The Balaban J connectivity index is 1.59. The van der Waals surface area contributed by atoms with Crippen molar-refractivity contribution < 1.29 is 0 Å². The van der Waals surface area contributed by atoms with E-state index in [1.54, 1.807) is 16.4 Å². The Morgan fingerprint density at radius 2 is 1.71 bits per heavy atom. The number of benzene rings is 2. The molecule has 0 saturated carbocycles. The second-order valence-corrected chi connectivity index (χ2v) is 8.25. The van der Waals surface area contributed by atoms with Crippen LogP contribution in [0.2, 0.25) is 0 Å². The van der Waals surface area contributed by atoms with Gasteiger partial charge in [0.25, 0.3) is 0 Å². The number of hydrogen-bond acceptors (Lipinski definition) is 5. The van der Waals surface area contributed by atoms with Crippen LogP contribution in [0.25, 0.3) is 11.4 Å². The quantitative estimate of drug-likeness (QED) is 0.358. The molecule has 0 atom stereocenters. The Hall–Kier alpha value is -1.44. The summed E-state index contributed by atoms with van der Waals surface area (Å²) < 4.78 is 2.51. The predicted molar refractivity (Wildman–Crippen MR) is 106 cm³/mol. The fourth-order valence-corrected chi connectivity index (χ4v) is 4.33. The van der Waals surface area contributed by atoms with Crippen molar-refractivity contribution in [1.82, 2.24) is 14.9 Å². The minimum Gasteiger partial charge on any atom is -0.335 e. The number of aromatic nitrogens is 3. The topological polar surface area (TPSA) is 56.7 Å². The van der Waals surface area contributed by atoms with Crippen molar-refractivity contribution in [2.75, 3.05) is 17.3 Å². The summed E-state index contributed by atoms with van der Waals surface area (Å²) in [7, 11) is 0. The van der Waals surface area contributed by atoms with Crippen molar-refractivity contribution in [3.63, 3.8) is 0 Å². The standard InChI is InChI=1S/C17H17BrN4S2/c1-12-6-8-13(9-7-12)23-10-11-24-17-21-20-16(22(17)19)14-4-2-3-5-15(14)18/h2-9H,10-11,19H2,1H3. The van der Waals surface area contributed by atoms with Gasteiger partial charge in [0.05, 0.1) is 0 Å². The largest absolute Gasteiger partial charge is 0.335 e. The summed E-state index contributed by atoms with van der Waals surface area (Å²) in [6.07, 6.45) is 0. The van der Waals surface area contributed by atoms with E-state index in [1.165, 1.54) is 10.5 Å². The molecule has 0 saturated heterocycles. The molecule has 1 aromatic heterocycles. The summed E-state index contributed by atoms with van der Waals surface area (Å²) in [4.78, 5) is 1.28. The van der Waals surface area contributed by atoms with Crippen molar-refractivity contribution >= 4 is 39.5 Å². The average Bonchev–Trinajstić information content (AvgIpc) is 2.94. The van der Waals surface area contributed by atoms with E-state index in [-0.39, 0.29) is 0 Å². The maximum atomic E-state index is 6.16. The number of hydrogen-bond donors (Lipinski definition) is 1. The van der Waals surface area contributed by atoms with Crippen LogP contribution >= 0.6 is 39.5 Å². The maximum Gasteiger partial charge on any atom is 0.210 e. The van der Waals surface area contributed by atoms with Gasteiger partial charge in [0.15, 0.2) is 5.82 Å². The van der Waals surface area contributed by atoms with Crippen LogP contribution in [-0.2, 0) is 0 Å². The molecule has 0 aliphatic rings. The van der Waals surface area contributed by atoms with E-state index in [0.29, 0.717) is 5.82 Å². The van der Waals surface area contributed by atoms with Crippen molar-refractivity contribution in [3.8, 4) is 11.4 Å². The van der Waals surface area contributed by atoms with Crippen molar-refractivity contribution in [3.05, 3.63) is 58.6 Å². The van der Waals surface area contributed by atoms with Gasteiger partial charge in [-0.25, -0.2) is 4.68 Å². The van der Waals surface area contributed by atoms with Crippen molar-refractivity contribution in [2.24, 2.45) is 0 Å². The summed E-state index contributed by atoms with van der Waals surface area (Å²) in [6.45, 7) is 2.10. The molecule has 24 heavy (non-hydrogen) atoms. The first-order valence-corrected chi connectivity index (χ1v) is 10.2. The van der Waals surface area contributed by atoms with Gasteiger partial charge in [-0.1, -0.05) is 57.5 Å². The molecule has 0 radical (unpaired) electrons. The molecular formula is C17H17BrN4S2. The first-order valence-electron chi connectivity index (χ1n) is 7.43. The molecule has 1 heterocycles. The van der Waals surface area contributed by atoms with Crippen molar-refractivity contribution in [1.29, 1.82) is 0 Å². The summed E-state index contributed by atoms with van der Waals surface area (Å²) >= 11 is 6.98. The van der Waals surface area contributed by atoms with E-state index in [4.69, 9.17) is 5.84 Å². The molecule has 0 fully saturated rings. The van der Waals surface area contributed by atoms with Crippen LogP contribution in [0, 0.1) is 6.92 Å². The number of nitrogen functional groups attached to an aromatic ring is 1. The van der Waals surface area contributed by atoms with Gasteiger partial charge in [0.1, 0.15) is 0 Å². The van der Waals surface area contributed by atoms with E-state index in [0.717, 1.165) is 26.7 Å². The molecule has 7 heteroatoms. The van der Waals surface area contributed by atoms with Gasteiger partial charge in [-0.15, -0.1) is 22.0 Å². The van der Waals surface area contributed by atoms with Crippen LogP contribution in [-0.4, -0.2) is 26.4 Å². The molecule has 3 rings (SSSR count). The SMILES string of the molecule is Cc1ccc(SCCSc2nnc(-c3ccccc3Br)n2N)cc1. The second-order valence-electron chi connectivity index (χ2n) is 5.17. The molecule has 0 spiro atoms. The Bertz CT molecular complexity index is 818. The number of aryl methyl sites for hydroxylation is 1. The number of nitrogens with zero attached hydrogens (tertiary/aromatic N) is 3. The minimum atomic E-state index is 0.663. The highest BCUT2D eigenvalue weighted by atomic mass is 79.9. The molecule has 0 amide bonds. The van der Waals surface area contributed by atoms with E-state index < -0.39 is 0 Å². The fraction of sp³-hybridized carbons (Fsp3) is 0.176. The number of nitrogens with two attached hydrogens (primary N) is 1. The smallest absolute Gasteiger partial charge is 0.210 e. The Morgan fingerprint density at radius 3 is 2.46 bits per heavy atom. The fourth-order valence-electron chi connectivity index (χ4n) is 2.13. The monoisotopic (exact) mass is 420 g/mol. The van der Waals surface area contributed by atoms with Crippen LogP contribution in [0.1, 0.15) is 5.56 Å². The maximum absolute atomic E-state index is 6.16. The van der Waals surface area contributed by atoms with E-state index in [2.05, 4.69) is 57.3 Å². The molecule has 0 bridgehead atoms. The summed E-state index contributed by atoms with van der Waals surface area (Å²) in [5.74, 6) is 8.73. The molecule has 2 aromatic carbocycles. The van der Waals surface area contributed by atoms with Gasteiger partial charge in [-0.3, -0.25) is 0 Å². The molecule has 0 aliphatic heterocycles. The third kappa shape index (κ3) is 4.15. The van der Waals surface area contributed by atoms with Crippen LogP contribution in [0.3, 0.4) is 0 Å². The Labute approximate surface area is 158 Å². The Kier molecular flexibility index (Phi) is 5.86. The normalized spacial score (nSPS) is 10.9. The zero-order valence-corrected chi connectivity index (χ0v) is 16.4. The predicted octanol–water partition coefficient (Wildman–Crippen LogP) is 4.61. The van der Waals surface area contributed by atoms with Gasteiger partial charge in [0.2, 0.25) is 5.16 Å². The molecule has 0 unspecified atom stereocenters. The van der Waals surface area contributed by atoms with Gasteiger partial charge >= 0.3 is 0 Å². The minimum absolute atomic E-state index is 0.663. The average molecular weight is 421 g/mol. The van der Waals surface area contributed by atoms with E-state index in [9.17, 15) is 0 Å². The summed E-state index contributed by atoms with van der Waals surface area (Å²) in [5, 5.41) is 9.16. The first kappa shape index (κ1) is 17.4. The summed E-state index contributed by atoms with van der Waals surface area (Å²) in [5.41, 5.74) is 2.22. The number of thioether (sulfide) groups is 2. The van der Waals surface area contributed by atoms with E-state index in [1.807, 2.05) is 36.0 Å². The van der Waals surface area contributed by atoms with E-state index >= 15 is 0 Å². The molecular weight excluding hydrogens is 404 g/mol. The Morgan fingerprint density at radius 1 is 1.00 bits per heavy atom. The lowest BCUT2D eigenvalue weighted by Gasteiger charge is -2.05. The lowest BCUT2D eigenvalue weighted by molar-refractivity contribution is 0.850. The van der Waals surface area contributed by atoms with Crippen LogP contribution < -0.4 is 5.84 Å². The first-order chi connectivity index (χ1) is 11.6. The highest BCUT2D eigenvalue weighted by Crippen LogP contribution is 2.28. The molecule has 4 nitrogen and oxygen atoms in total. The van der Waals surface area contributed by atoms with Gasteiger partial charge < -0.3 is 5.84 Å². The molecule has 0 aliphatic carbocycles. The third-order valence-corrected chi connectivity index (χ3v) is 6.29. The summed E-state index contributed by atoms with van der Waals surface area (Å²) in [6, 6.07) is 16.4. The second kappa shape index (κ2) is 8.09. The van der Waals surface area contributed by atoms with Crippen LogP contribution in [0.15, 0.2) is 63.1 Å². The van der Waals surface area contributed by atoms with Gasteiger partial charge in [-0.05, 0) is 31.2 Å². The number of rotatable bonds is 6. The molecule has 3 aromatic rings. The zero-order chi connectivity index (χ0) is 16.9. The van der Waals surface area contributed by atoms with Gasteiger partial charge in [0, 0.05) is 26.4 Å². The lowest BCUT2D eigenvalue weighted by atomic mass is 10.2. The van der Waals surface area contributed by atoms with Crippen molar-refractivity contribution in [2.45, 2.75) is 17.0 Å². The highest BCUT2D eigenvalue weighted by Gasteiger charge is 2.14. The third-order valence-electron chi connectivity index (χ3n) is 3.38. The van der Waals surface area contributed by atoms with Crippen LogP contribution in [0.4, 0.5) is 0 Å². The van der Waals surface area contributed by atoms with Gasteiger partial charge in [-0.2, -0.15) is 0 Å².